The van der Waals surface area contributed by atoms with Gasteiger partial charge in [0, 0.05) is 81.8 Å². The predicted octanol–water partition coefficient (Wildman–Crippen LogP) is 14.6. The lowest BCUT2D eigenvalue weighted by Crippen LogP contribution is -2.61. The number of anilines is 1. The van der Waals surface area contributed by atoms with Gasteiger partial charge in [0.15, 0.2) is 0 Å². The Labute approximate surface area is 412 Å². The number of hydrogen-bond donors (Lipinski definition) is 1. The van der Waals surface area contributed by atoms with Crippen LogP contribution in [0.2, 0.25) is 0 Å². The second-order valence-corrected chi connectivity index (χ2v) is 20.8. The van der Waals surface area contributed by atoms with Crippen molar-refractivity contribution in [2.45, 2.75) is 146 Å². The van der Waals surface area contributed by atoms with E-state index in [1.54, 1.807) is 6.08 Å². The maximum absolute atomic E-state index is 4.18. The topological polar surface area (TPSA) is 25.0 Å². The van der Waals surface area contributed by atoms with Crippen molar-refractivity contribution in [2.75, 3.05) is 64.8 Å². The number of terminal acetylenes is 1. The van der Waals surface area contributed by atoms with Gasteiger partial charge in [-0.05, 0) is 182 Å². The summed E-state index contributed by atoms with van der Waals surface area (Å²) >= 11 is 0. The predicted molar refractivity (Wildman–Crippen MR) is 299 cm³/mol. The van der Waals surface area contributed by atoms with Crippen LogP contribution in [-0.2, 0) is 13.1 Å². The van der Waals surface area contributed by atoms with Crippen LogP contribution in [0.15, 0.2) is 103 Å². The monoisotopic (exact) mass is 910 g/mol. The fourth-order valence-electron chi connectivity index (χ4n) is 10.3. The molecule has 0 aromatic heterocycles. The van der Waals surface area contributed by atoms with E-state index in [-0.39, 0.29) is 0 Å². The standard InChI is InChI=1S/C50H73N5.C7H14.C3H6.C2H2/c1-13-42(14-2)47(24-37(6)7)48(28-51-11)45-25-38(8)49(39(9)26-45)33-54-30-41(31-54)29-53-22-20-50(21-23-53)34-55(35-50)46-19-18-44(43(15-3)27-46)32-52(12)40(10)17-16-36(4)5;1-3-7(4-2)5-6-7;1-3-2;1-2/h13,15,18-19,24-28,40-41,51H,1,3-4,14,16-17,20-23,29-35H2,2,5-12H3;3-6H2,1-2H3;3H,1H2,2H3;1-2H/b47-42+,48-28-;;;. The zero-order chi connectivity index (χ0) is 49.9. The normalized spacial score (nSPS) is 18.2. The molecule has 5 heteroatoms. The highest BCUT2D eigenvalue weighted by Crippen LogP contribution is 2.51. The van der Waals surface area contributed by atoms with Crippen molar-refractivity contribution in [3.05, 3.63) is 137 Å². The number of nitrogens with one attached hydrogen (secondary N) is 1. The first-order chi connectivity index (χ1) is 32.0. The Bertz CT molecular complexity index is 2000. The van der Waals surface area contributed by atoms with Gasteiger partial charge in [0.05, 0.1) is 0 Å². The Morgan fingerprint density at radius 2 is 1.52 bits per heavy atom. The van der Waals surface area contributed by atoms with Gasteiger partial charge in [-0.2, -0.15) is 0 Å². The number of allylic oxidation sites excluding steroid dienone is 8. The number of benzene rings is 2. The van der Waals surface area contributed by atoms with E-state index in [9.17, 15) is 0 Å². The molecule has 6 rings (SSSR count). The summed E-state index contributed by atoms with van der Waals surface area (Å²) in [7, 11) is 4.23. The minimum absolute atomic E-state index is 0.490. The smallest absolute Gasteiger partial charge is 0.0372 e. The summed E-state index contributed by atoms with van der Waals surface area (Å²) in [5.41, 5.74) is 17.2. The number of nitrogens with zero attached hydrogens (tertiary/aromatic N) is 4. The first-order valence-electron chi connectivity index (χ1n) is 25.7. The Morgan fingerprint density at radius 3 is 1.99 bits per heavy atom. The van der Waals surface area contributed by atoms with Gasteiger partial charge in [-0.1, -0.05) is 100 Å². The fourth-order valence-corrected chi connectivity index (χ4v) is 10.3. The molecule has 3 saturated heterocycles. The van der Waals surface area contributed by atoms with E-state index >= 15 is 0 Å². The average molecular weight is 910 g/mol. The molecule has 0 bridgehead atoms. The van der Waals surface area contributed by atoms with Gasteiger partial charge in [0.1, 0.15) is 0 Å². The molecule has 2 aromatic rings. The molecule has 1 N–H and O–H groups in total. The number of hydrogen-bond acceptors (Lipinski definition) is 5. The van der Waals surface area contributed by atoms with Crippen LogP contribution in [0.5, 0.6) is 0 Å². The summed E-state index contributed by atoms with van der Waals surface area (Å²) in [6.07, 6.45) is 29.9. The maximum Gasteiger partial charge on any atom is 0.0372 e. The first-order valence-corrected chi connectivity index (χ1v) is 25.7. The molecule has 67 heavy (non-hydrogen) atoms. The van der Waals surface area contributed by atoms with Crippen LogP contribution in [0.25, 0.3) is 11.6 Å². The van der Waals surface area contributed by atoms with Crippen molar-refractivity contribution in [3.8, 4) is 12.8 Å². The minimum Gasteiger partial charge on any atom is -0.393 e. The second kappa shape index (κ2) is 27.6. The van der Waals surface area contributed by atoms with Gasteiger partial charge < -0.3 is 15.1 Å². The van der Waals surface area contributed by atoms with Crippen LogP contribution in [0.3, 0.4) is 0 Å². The summed E-state index contributed by atoms with van der Waals surface area (Å²) in [5.74, 6) is 0.782. The molecule has 1 unspecified atom stereocenters. The zero-order valence-corrected chi connectivity index (χ0v) is 44.9. The van der Waals surface area contributed by atoms with E-state index in [0.29, 0.717) is 11.5 Å². The first kappa shape index (κ1) is 57.0. The number of likely N-dealkylation sites (tertiary alicyclic amines) is 2. The molecule has 0 amide bonds. The van der Waals surface area contributed by atoms with Crippen molar-refractivity contribution < 1.29 is 0 Å². The largest absolute Gasteiger partial charge is 0.393 e. The van der Waals surface area contributed by atoms with Crippen molar-refractivity contribution in [1.82, 2.24) is 20.0 Å². The molecule has 1 aliphatic carbocycles. The number of aryl methyl sites for hydroxylation is 2. The van der Waals surface area contributed by atoms with E-state index in [1.165, 1.54) is 151 Å². The van der Waals surface area contributed by atoms with Crippen molar-refractivity contribution in [2.24, 2.45) is 16.7 Å². The zero-order valence-electron chi connectivity index (χ0n) is 44.9. The second-order valence-electron chi connectivity index (χ2n) is 20.8. The molecule has 2 aromatic carbocycles. The van der Waals surface area contributed by atoms with Crippen molar-refractivity contribution >= 4 is 17.3 Å². The lowest BCUT2D eigenvalue weighted by Gasteiger charge is -2.55. The van der Waals surface area contributed by atoms with Crippen LogP contribution in [0, 0.1) is 43.4 Å². The van der Waals surface area contributed by atoms with Gasteiger partial charge in [-0.25, -0.2) is 0 Å². The minimum atomic E-state index is 0.490. The van der Waals surface area contributed by atoms with E-state index in [0.717, 1.165) is 43.7 Å². The summed E-state index contributed by atoms with van der Waals surface area (Å²) in [5, 5.41) is 3.32. The molecular formula is C62H95N5. The Balaban J connectivity index is 0.000000876. The highest BCUT2D eigenvalue weighted by atomic mass is 15.3. The Hall–Kier alpha value is -4.34. The van der Waals surface area contributed by atoms with E-state index in [2.05, 4.69) is 176 Å². The molecule has 3 heterocycles. The van der Waals surface area contributed by atoms with Gasteiger partial charge in [-0.15, -0.1) is 26.0 Å². The molecule has 0 radical (unpaired) electrons. The van der Waals surface area contributed by atoms with Crippen LogP contribution >= 0.6 is 0 Å². The molecule has 4 aliphatic rings. The van der Waals surface area contributed by atoms with Gasteiger partial charge in [0.25, 0.3) is 0 Å². The van der Waals surface area contributed by atoms with Gasteiger partial charge >= 0.3 is 0 Å². The highest BCUT2D eigenvalue weighted by molar-refractivity contribution is 5.84. The molecule has 1 saturated carbocycles. The summed E-state index contributed by atoms with van der Waals surface area (Å²) < 4.78 is 0. The van der Waals surface area contributed by atoms with Gasteiger partial charge in [0.2, 0.25) is 0 Å². The third-order valence-corrected chi connectivity index (χ3v) is 15.2. The van der Waals surface area contributed by atoms with Crippen LogP contribution in [-0.4, -0.2) is 80.7 Å². The molecule has 368 valence electrons. The molecule has 5 nitrogen and oxygen atoms in total. The molecular weight excluding hydrogens is 815 g/mol. The molecule has 3 aliphatic heterocycles. The SMILES string of the molecule is C#C.C=C/C(CC)=C(C=C(C)C)\C(=C/NC)c1cc(C)c(CN2CC(CN3CCC4(CC3)CN(c3ccc(CN(C)C(C)CCC(=C)C)c(C=C)c3)C4)C2)c(C)c1.C=CC.CCC1(CC)CC1. The Morgan fingerprint density at radius 1 is 0.925 bits per heavy atom. The van der Waals surface area contributed by atoms with Gasteiger partial charge in [-0.3, -0.25) is 9.80 Å². The molecule has 1 spiro atoms. The Kier molecular flexibility index (Phi) is 23.5. The molecule has 1 atom stereocenters. The third-order valence-electron chi connectivity index (χ3n) is 15.2. The quantitative estimate of drug-likeness (QED) is 0.0811. The van der Waals surface area contributed by atoms with Crippen LogP contribution in [0.1, 0.15) is 147 Å². The van der Waals surface area contributed by atoms with Crippen molar-refractivity contribution in [3.63, 3.8) is 0 Å². The molecule has 4 fully saturated rings. The maximum atomic E-state index is 4.18. The summed E-state index contributed by atoms with van der Waals surface area (Å²) in [6.45, 7) is 48.4. The van der Waals surface area contributed by atoms with E-state index in [1.807, 2.05) is 26.1 Å². The fraction of sp³-hybridized carbons (Fsp3) is 0.548. The lowest BCUT2D eigenvalue weighted by atomic mass is 9.71. The summed E-state index contributed by atoms with van der Waals surface area (Å²) in [4.78, 5) is 10.5. The summed E-state index contributed by atoms with van der Waals surface area (Å²) in [6, 6.07) is 12.4. The third kappa shape index (κ3) is 16.4. The van der Waals surface area contributed by atoms with Crippen molar-refractivity contribution in [1.29, 1.82) is 0 Å². The average Bonchev–Trinajstić information content (AvgIpc) is 4.09. The van der Waals surface area contributed by atoms with E-state index in [4.69, 9.17) is 0 Å². The van der Waals surface area contributed by atoms with Crippen LogP contribution < -0.4 is 10.2 Å². The number of rotatable bonds is 20. The van der Waals surface area contributed by atoms with E-state index < -0.39 is 0 Å². The lowest BCUT2D eigenvalue weighted by molar-refractivity contribution is 0.0251. The van der Waals surface area contributed by atoms with Crippen LogP contribution in [0.4, 0.5) is 5.69 Å². The highest BCUT2D eigenvalue weighted by Gasteiger charge is 2.45. The number of piperidine rings is 1.